The van der Waals surface area contributed by atoms with Gasteiger partial charge in [0.2, 0.25) is 0 Å². The van der Waals surface area contributed by atoms with Gasteiger partial charge in [-0.25, -0.2) is 0 Å². The zero-order chi connectivity index (χ0) is 17.1. The molecule has 3 rings (SSSR count). The molecule has 2 N–H and O–H groups in total. The standard InChI is InChI=1S/C15H10ClN5O3/c16-10-3-5-11(6-4-10)17-19-14-13(18-20-15(14)22)9-1-7-12(8-2-9)21(23)24/h1-8H,(H2,18,20,22). The fourth-order valence-corrected chi connectivity index (χ4v) is 2.15. The molecule has 120 valence electrons. The molecule has 24 heavy (non-hydrogen) atoms. The van der Waals surface area contributed by atoms with Crippen molar-refractivity contribution in [2.45, 2.75) is 0 Å². The fraction of sp³-hybridized carbons (Fsp3) is 0. The van der Waals surface area contributed by atoms with Gasteiger partial charge in [-0.3, -0.25) is 25.1 Å². The molecule has 0 aliphatic rings. The molecule has 0 amide bonds. The van der Waals surface area contributed by atoms with Crippen LogP contribution in [0.1, 0.15) is 0 Å². The van der Waals surface area contributed by atoms with Crippen LogP contribution in [0.3, 0.4) is 0 Å². The minimum atomic E-state index is -0.495. The van der Waals surface area contributed by atoms with Crippen LogP contribution in [0, 0.1) is 10.1 Å². The smallest absolute Gasteiger partial charge is 0.292 e. The molecule has 1 heterocycles. The zero-order valence-corrected chi connectivity index (χ0v) is 12.8. The third-order valence-electron chi connectivity index (χ3n) is 3.21. The third kappa shape index (κ3) is 3.23. The van der Waals surface area contributed by atoms with Crippen molar-refractivity contribution in [1.29, 1.82) is 0 Å². The minimum Gasteiger partial charge on any atom is -0.295 e. The van der Waals surface area contributed by atoms with Crippen LogP contribution in [-0.4, -0.2) is 15.1 Å². The summed E-state index contributed by atoms with van der Waals surface area (Å²) in [6, 6.07) is 12.4. The summed E-state index contributed by atoms with van der Waals surface area (Å²) < 4.78 is 0. The summed E-state index contributed by atoms with van der Waals surface area (Å²) in [7, 11) is 0. The van der Waals surface area contributed by atoms with Crippen LogP contribution in [0.2, 0.25) is 5.02 Å². The summed E-state index contributed by atoms with van der Waals surface area (Å²) in [5.74, 6) is 0. The van der Waals surface area contributed by atoms with Crippen molar-refractivity contribution >= 4 is 28.7 Å². The highest BCUT2D eigenvalue weighted by atomic mass is 35.5. The minimum absolute atomic E-state index is 0.0408. The van der Waals surface area contributed by atoms with Crippen LogP contribution >= 0.6 is 11.6 Å². The number of nitrogens with zero attached hydrogens (tertiary/aromatic N) is 3. The van der Waals surface area contributed by atoms with Crippen molar-refractivity contribution in [2.75, 3.05) is 0 Å². The van der Waals surface area contributed by atoms with Crippen LogP contribution in [-0.2, 0) is 0 Å². The van der Waals surface area contributed by atoms with E-state index in [0.29, 0.717) is 22.0 Å². The number of halogens is 1. The first-order valence-electron chi connectivity index (χ1n) is 6.77. The number of H-pyrrole nitrogens is 2. The van der Waals surface area contributed by atoms with Crippen molar-refractivity contribution in [2.24, 2.45) is 10.2 Å². The Morgan fingerprint density at radius 2 is 1.62 bits per heavy atom. The zero-order valence-electron chi connectivity index (χ0n) is 12.1. The van der Waals surface area contributed by atoms with Gasteiger partial charge in [0.25, 0.3) is 11.2 Å². The Morgan fingerprint density at radius 1 is 0.958 bits per heavy atom. The normalized spacial score (nSPS) is 11.0. The van der Waals surface area contributed by atoms with E-state index in [1.54, 1.807) is 24.3 Å². The van der Waals surface area contributed by atoms with Gasteiger partial charge in [-0.1, -0.05) is 11.6 Å². The molecule has 0 aliphatic heterocycles. The van der Waals surface area contributed by atoms with E-state index in [-0.39, 0.29) is 11.4 Å². The van der Waals surface area contributed by atoms with E-state index >= 15 is 0 Å². The number of non-ortho nitro benzene ring substituents is 1. The Morgan fingerprint density at radius 3 is 2.25 bits per heavy atom. The lowest BCUT2D eigenvalue weighted by molar-refractivity contribution is -0.384. The summed E-state index contributed by atoms with van der Waals surface area (Å²) in [5.41, 5.74) is 1.10. The number of nitro benzene ring substituents is 1. The highest BCUT2D eigenvalue weighted by Crippen LogP contribution is 2.28. The van der Waals surface area contributed by atoms with Crippen molar-refractivity contribution in [3.05, 3.63) is 74.0 Å². The Bertz CT molecular complexity index is 958. The molecule has 0 spiro atoms. The van der Waals surface area contributed by atoms with Gasteiger partial charge in [0, 0.05) is 22.7 Å². The lowest BCUT2D eigenvalue weighted by atomic mass is 10.1. The molecule has 0 fully saturated rings. The molecule has 0 radical (unpaired) electrons. The molecule has 0 bridgehead atoms. The van der Waals surface area contributed by atoms with Gasteiger partial charge in [-0.15, -0.1) is 5.11 Å². The van der Waals surface area contributed by atoms with Gasteiger partial charge in [0.05, 0.1) is 16.3 Å². The van der Waals surface area contributed by atoms with Gasteiger partial charge in [0.1, 0.15) is 0 Å². The van der Waals surface area contributed by atoms with Crippen LogP contribution in [0.15, 0.2) is 63.6 Å². The predicted octanol–water partition coefficient (Wildman–Crippen LogP) is 4.35. The number of aromatic amines is 2. The van der Waals surface area contributed by atoms with Gasteiger partial charge >= 0.3 is 0 Å². The Balaban J connectivity index is 1.95. The predicted molar refractivity (Wildman–Crippen MR) is 89.1 cm³/mol. The molecule has 9 heteroatoms. The van der Waals surface area contributed by atoms with Crippen molar-refractivity contribution in [1.82, 2.24) is 10.2 Å². The average molecular weight is 344 g/mol. The first kappa shape index (κ1) is 15.6. The van der Waals surface area contributed by atoms with Gasteiger partial charge in [-0.05, 0) is 36.4 Å². The van der Waals surface area contributed by atoms with E-state index in [4.69, 9.17) is 11.6 Å². The van der Waals surface area contributed by atoms with Gasteiger partial charge < -0.3 is 0 Å². The van der Waals surface area contributed by atoms with Crippen LogP contribution < -0.4 is 5.56 Å². The summed E-state index contributed by atoms with van der Waals surface area (Å²) in [5, 5.41) is 24.4. The lowest BCUT2D eigenvalue weighted by Crippen LogP contribution is -1.96. The largest absolute Gasteiger partial charge is 0.295 e. The Labute approximate surface area is 140 Å². The number of azo groups is 1. The second-order valence-corrected chi connectivity index (χ2v) is 5.22. The van der Waals surface area contributed by atoms with Crippen LogP contribution in [0.5, 0.6) is 0 Å². The molecule has 0 unspecified atom stereocenters. The second kappa shape index (κ2) is 6.47. The summed E-state index contributed by atoms with van der Waals surface area (Å²) in [6.45, 7) is 0. The van der Waals surface area contributed by atoms with Crippen LogP contribution in [0.4, 0.5) is 17.1 Å². The van der Waals surface area contributed by atoms with E-state index in [0.717, 1.165) is 0 Å². The second-order valence-electron chi connectivity index (χ2n) is 4.78. The summed E-state index contributed by atoms with van der Waals surface area (Å²) >= 11 is 5.80. The average Bonchev–Trinajstić information content (AvgIpc) is 2.95. The quantitative estimate of drug-likeness (QED) is 0.416. The molecule has 0 atom stereocenters. The summed E-state index contributed by atoms with van der Waals surface area (Å²) in [4.78, 5) is 22.1. The third-order valence-corrected chi connectivity index (χ3v) is 3.46. The number of benzene rings is 2. The number of hydrogen-bond donors (Lipinski definition) is 2. The molecule has 1 aromatic heterocycles. The molecular formula is C15H10ClN5O3. The first-order chi connectivity index (χ1) is 11.5. The maximum Gasteiger partial charge on any atom is 0.292 e. The van der Waals surface area contributed by atoms with E-state index in [9.17, 15) is 14.9 Å². The van der Waals surface area contributed by atoms with E-state index in [2.05, 4.69) is 20.4 Å². The number of nitrogens with one attached hydrogen (secondary N) is 2. The maximum atomic E-state index is 11.9. The topological polar surface area (TPSA) is 117 Å². The number of rotatable bonds is 4. The van der Waals surface area contributed by atoms with Crippen LogP contribution in [0.25, 0.3) is 11.3 Å². The van der Waals surface area contributed by atoms with Crippen molar-refractivity contribution in [3.63, 3.8) is 0 Å². The van der Waals surface area contributed by atoms with E-state index in [1.807, 2.05) is 0 Å². The summed E-state index contributed by atoms with van der Waals surface area (Å²) in [6.07, 6.45) is 0. The van der Waals surface area contributed by atoms with E-state index < -0.39 is 10.5 Å². The fourth-order valence-electron chi connectivity index (χ4n) is 2.02. The molecule has 2 aromatic carbocycles. The first-order valence-corrected chi connectivity index (χ1v) is 7.15. The Hall–Kier alpha value is -3.26. The maximum absolute atomic E-state index is 11.9. The number of nitro groups is 1. The van der Waals surface area contributed by atoms with E-state index in [1.165, 1.54) is 24.3 Å². The Kier molecular flexibility index (Phi) is 4.21. The van der Waals surface area contributed by atoms with Crippen molar-refractivity contribution < 1.29 is 4.92 Å². The van der Waals surface area contributed by atoms with Gasteiger partial charge in [0.15, 0.2) is 5.69 Å². The van der Waals surface area contributed by atoms with Gasteiger partial charge in [-0.2, -0.15) is 5.11 Å². The number of aromatic nitrogens is 2. The molecule has 0 saturated carbocycles. The number of hydrogen-bond acceptors (Lipinski definition) is 5. The molecular weight excluding hydrogens is 334 g/mol. The molecule has 3 aromatic rings. The molecule has 0 saturated heterocycles. The highest BCUT2D eigenvalue weighted by Gasteiger charge is 2.13. The lowest BCUT2D eigenvalue weighted by Gasteiger charge is -1.98. The highest BCUT2D eigenvalue weighted by molar-refractivity contribution is 6.30. The SMILES string of the molecule is O=c1[nH][nH]c(-c2ccc([N+](=O)[O-])cc2)c1N=Nc1ccc(Cl)cc1. The molecule has 8 nitrogen and oxygen atoms in total. The monoisotopic (exact) mass is 343 g/mol. The molecule has 0 aliphatic carbocycles. The van der Waals surface area contributed by atoms with Crippen molar-refractivity contribution in [3.8, 4) is 11.3 Å².